The van der Waals surface area contributed by atoms with Crippen LogP contribution in [0.1, 0.15) is 45.2 Å². The first kappa shape index (κ1) is 21.3. The van der Waals surface area contributed by atoms with Gasteiger partial charge in [-0.25, -0.2) is 0 Å². The average Bonchev–Trinajstić information content (AvgIpc) is 3.14. The van der Waals surface area contributed by atoms with Gasteiger partial charge in [0, 0.05) is 26.0 Å². The smallest absolute Gasteiger partial charge is 0.217 e. The van der Waals surface area contributed by atoms with Crippen LogP contribution in [-0.4, -0.2) is 31.7 Å². The summed E-state index contributed by atoms with van der Waals surface area (Å²) in [7, 11) is 0. The number of amides is 1. The second-order valence-corrected chi connectivity index (χ2v) is 7.83. The summed E-state index contributed by atoms with van der Waals surface area (Å²) in [6, 6.07) is 13.8. The van der Waals surface area contributed by atoms with E-state index in [0.717, 1.165) is 48.7 Å². The molecule has 1 aliphatic rings. The third kappa shape index (κ3) is 5.80. The monoisotopic (exact) mass is 416 g/mol. The largest absolute Gasteiger partial charge is 0.494 e. The number of hydrogen-bond acceptors (Lipinski definition) is 4. The van der Waals surface area contributed by atoms with E-state index in [1.54, 1.807) is 0 Å². The van der Waals surface area contributed by atoms with Crippen molar-refractivity contribution in [2.75, 3.05) is 24.6 Å². The summed E-state index contributed by atoms with van der Waals surface area (Å²) < 4.78 is 11.8. The fraction of sp³-hybridized carbons (Fsp3) is 0.435. The van der Waals surface area contributed by atoms with Gasteiger partial charge < -0.3 is 19.7 Å². The second kappa shape index (κ2) is 9.88. The summed E-state index contributed by atoms with van der Waals surface area (Å²) in [5.74, 6) is 1.61. The van der Waals surface area contributed by atoms with E-state index < -0.39 is 0 Å². The van der Waals surface area contributed by atoms with E-state index in [-0.39, 0.29) is 18.1 Å². The molecule has 1 saturated heterocycles. The van der Waals surface area contributed by atoms with E-state index in [1.165, 1.54) is 6.92 Å². The summed E-state index contributed by atoms with van der Waals surface area (Å²) in [6.45, 7) is 7.96. The molecule has 0 spiro atoms. The number of halogens is 1. The van der Waals surface area contributed by atoms with E-state index in [9.17, 15) is 4.79 Å². The second-order valence-electron chi connectivity index (χ2n) is 7.43. The summed E-state index contributed by atoms with van der Waals surface area (Å²) >= 11 is 6.49. The molecule has 0 aliphatic carbocycles. The van der Waals surface area contributed by atoms with Gasteiger partial charge in [0.05, 0.1) is 29.9 Å². The maximum Gasteiger partial charge on any atom is 0.217 e. The van der Waals surface area contributed by atoms with Gasteiger partial charge in [-0.2, -0.15) is 0 Å². The van der Waals surface area contributed by atoms with Crippen molar-refractivity contribution in [3.05, 3.63) is 53.1 Å². The van der Waals surface area contributed by atoms with Crippen LogP contribution in [0.5, 0.6) is 11.5 Å². The van der Waals surface area contributed by atoms with Gasteiger partial charge in [0.25, 0.3) is 0 Å². The average molecular weight is 417 g/mol. The summed E-state index contributed by atoms with van der Waals surface area (Å²) in [6.07, 6.45) is 2.02. The predicted molar refractivity (Wildman–Crippen MR) is 117 cm³/mol. The molecule has 156 valence electrons. The van der Waals surface area contributed by atoms with E-state index in [4.69, 9.17) is 21.1 Å². The number of hydrogen-bond donors (Lipinski definition) is 1. The lowest BCUT2D eigenvalue weighted by atomic mass is 10.1. The number of nitrogens with one attached hydrogen (secondary N) is 1. The molecule has 0 bridgehead atoms. The Hall–Kier alpha value is -2.40. The molecule has 0 radical (unpaired) electrons. The lowest BCUT2D eigenvalue weighted by Gasteiger charge is -2.21. The zero-order chi connectivity index (χ0) is 20.8. The van der Waals surface area contributed by atoms with Gasteiger partial charge >= 0.3 is 0 Å². The number of nitrogens with zero attached hydrogens (tertiary/aromatic N) is 1. The molecular formula is C23H29ClN2O3. The molecule has 1 fully saturated rings. The zero-order valence-corrected chi connectivity index (χ0v) is 18.0. The van der Waals surface area contributed by atoms with Crippen molar-refractivity contribution in [2.24, 2.45) is 0 Å². The van der Waals surface area contributed by atoms with E-state index in [2.05, 4.69) is 17.1 Å². The van der Waals surface area contributed by atoms with Crippen LogP contribution in [0.2, 0.25) is 5.02 Å². The molecule has 2 atom stereocenters. The minimum absolute atomic E-state index is 0.0186. The van der Waals surface area contributed by atoms with Crippen molar-refractivity contribution >= 4 is 23.2 Å². The van der Waals surface area contributed by atoms with Crippen molar-refractivity contribution in [1.29, 1.82) is 0 Å². The fourth-order valence-corrected chi connectivity index (χ4v) is 3.80. The minimum atomic E-state index is -0.0347. The predicted octanol–water partition coefficient (Wildman–Crippen LogP) is 4.98. The van der Waals surface area contributed by atoms with Crippen LogP contribution >= 0.6 is 11.6 Å². The molecule has 2 aromatic rings. The quantitative estimate of drug-likeness (QED) is 0.659. The maximum absolute atomic E-state index is 11.2. The molecule has 3 rings (SSSR count). The van der Waals surface area contributed by atoms with Crippen LogP contribution < -0.4 is 19.7 Å². The van der Waals surface area contributed by atoms with Gasteiger partial charge in [0.2, 0.25) is 5.91 Å². The Morgan fingerprint density at radius 1 is 1.24 bits per heavy atom. The van der Waals surface area contributed by atoms with Crippen LogP contribution in [0, 0.1) is 0 Å². The summed E-state index contributed by atoms with van der Waals surface area (Å²) in [5, 5.41) is 3.59. The van der Waals surface area contributed by atoms with Crippen molar-refractivity contribution in [3.63, 3.8) is 0 Å². The molecule has 0 saturated carbocycles. The number of carbonyl (C=O) groups is 1. The van der Waals surface area contributed by atoms with Gasteiger partial charge in [-0.3, -0.25) is 4.79 Å². The molecule has 1 heterocycles. The highest BCUT2D eigenvalue weighted by molar-refractivity contribution is 6.33. The number of anilines is 1. The highest BCUT2D eigenvalue weighted by Gasteiger charge is 2.25. The Morgan fingerprint density at radius 3 is 2.62 bits per heavy atom. The highest BCUT2D eigenvalue weighted by atomic mass is 35.5. The fourth-order valence-electron chi connectivity index (χ4n) is 3.51. The third-order valence-electron chi connectivity index (χ3n) is 4.98. The Balaban J connectivity index is 1.56. The minimum Gasteiger partial charge on any atom is -0.494 e. The first-order valence-electron chi connectivity index (χ1n) is 10.2. The van der Waals surface area contributed by atoms with E-state index in [0.29, 0.717) is 11.6 Å². The highest BCUT2D eigenvalue weighted by Crippen LogP contribution is 2.33. The van der Waals surface area contributed by atoms with Gasteiger partial charge in [-0.15, -0.1) is 0 Å². The molecule has 0 aromatic heterocycles. The number of carbonyl (C=O) groups excluding carboxylic acids is 1. The molecule has 6 heteroatoms. The molecular weight excluding hydrogens is 388 g/mol. The van der Waals surface area contributed by atoms with Crippen LogP contribution in [0.3, 0.4) is 0 Å². The first-order chi connectivity index (χ1) is 14.0. The van der Waals surface area contributed by atoms with Gasteiger partial charge in [-0.1, -0.05) is 30.7 Å². The van der Waals surface area contributed by atoms with E-state index >= 15 is 0 Å². The first-order valence-corrected chi connectivity index (χ1v) is 10.5. The van der Waals surface area contributed by atoms with Crippen molar-refractivity contribution in [1.82, 2.24) is 5.32 Å². The zero-order valence-electron chi connectivity index (χ0n) is 17.3. The van der Waals surface area contributed by atoms with E-state index in [1.807, 2.05) is 49.4 Å². The molecule has 1 N–H and O–H groups in total. The van der Waals surface area contributed by atoms with Crippen molar-refractivity contribution in [3.8, 4) is 11.5 Å². The molecule has 5 nitrogen and oxygen atoms in total. The van der Waals surface area contributed by atoms with Gasteiger partial charge in [0.1, 0.15) is 17.6 Å². The van der Waals surface area contributed by atoms with Crippen LogP contribution in [0.15, 0.2) is 42.5 Å². The maximum atomic E-state index is 11.2. The molecule has 2 aromatic carbocycles. The van der Waals surface area contributed by atoms with Crippen molar-refractivity contribution < 1.29 is 14.3 Å². The Bertz CT molecular complexity index is 825. The molecule has 29 heavy (non-hydrogen) atoms. The Labute approximate surface area is 177 Å². The number of benzene rings is 2. The van der Waals surface area contributed by atoms with Crippen molar-refractivity contribution in [2.45, 2.75) is 45.8 Å². The topological polar surface area (TPSA) is 50.8 Å². The molecule has 1 aliphatic heterocycles. The molecule has 1 amide bonds. The Kier molecular flexibility index (Phi) is 7.26. The SMILES string of the molecule is CCCOc1ccc(N2CCC(Oc3ccc([C@H](C)NC(C)=O)cc3)C2)c(Cl)c1. The summed E-state index contributed by atoms with van der Waals surface area (Å²) in [5.41, 5.74) is 2.07. The number of ether oxygens (including phenoxy) is 2. The lowest BCUT2D eigenvalue weighted by Crippen LogP contribution is -2.25. The lowest BCUT2D eigenvalue weighted by molar-refractivity contribution is -0.119. The molecule has 1 unspecified atom stereocenters. The van der Waals surface area contributed by atoms with Crippen LogP contribution in [0.25, 0.3) is 0 Å². The Morgan fingerprint density at radius 2 is 1.97 bits per heavy atom. The standard InChI is InChI=1S/C23H29ClN2O3/c1-4-13-28-20-9-10-23(22(24)14-20)26-12-11-21(15-26)29-19-7-5-18(6-8-19)16(2)25-17(3)27/h5-10,14,16,21H,4,11-13,15H2,1-3H3,(H,25,27)/t16-,21?/m0/s1. The van der Waals surface area contributed by atoms with Gasteiger partial charge in [0.15, 0.2) is 0 Å². The van der Waals surface area contributed by atoms with Crippen LogP contribution in [-0.2, 0) is 4.79 Å². The summed E-state index contributed by atoms with van der Waals surface area (Å²) in [4.78, 5) is 13.5. The van der Waals surface area contributed by atoms with Crippen LogP contribution in [0.4, 0.5) is 5.69 Å². The third-order valence-corrected chi connectivity index (χ3v) is 5.28. The van der Waals surface area contributed by atoms with Gasteiger partial charge in [-0.05, 0) is 43.2 Å². The normalized spacial score (nSPS) is 17.1. The number of rotatable bonds is 8.